The van der Waals surface area contributed by atoms with Crippen molar-refractivity contribution in [3.8, 4) is 5.75 Å². The van der Waals surface area contributed by atoms with Crippen molar-refractivity contribution in [3.05, 3.63) is 53.3 Å². The fraction of sp³-hybridized carbons (Fsp3) is 0.278. The maximum Gasteiger partial charge on any atom is 0.255 e. The van der Waals surface area contributed by atoms with Crippen molar-refractivity contribution < 1.29 is 31.1 Å². The zero-order valence-electron chi connectivity index (χ0n) is 14.9. The number of piperazine rings is 1. The van der Waals surface area contributed by atoms with Gasteiger partial charge in [0, 0.05) is 43.0 Å². The van der Waals surface area contributed by atoms with Crippen molar-refractivity contribution in [3.63, 3.8) is 0 Å². The SMILES string of the molecule is O=C(Nc1cc(F)c(F)c(F)c1)c1ccc2c(c1)S(=O)(=O)N1CCNCC1CO2. The van der Waals surface area contributed by atoms with Crippen LogP contribution in [0, 0.1) is 17.5 Å². The van der Waals surface area contributed by atoms with Crippen LogP contribution in [0.25, 0.3) is 0 Å². The van der Waals surface area contributed by atoms with E-state index in [2.05, 4.69) is 10.6 Å². The van der Waals surface area contributed by atoms with Crippen molar-refractivity contribution in [2.45, 2.75) is 10.9 Å². The number of sulfonamides is 1. The Hall–Kier alpha value is -2.63. The van der Waals surface area contributed by atoms with Crippen LogP contribution in [0.2, 0.25) is 0 Å². The third-order valence-electron chi connectivity index (χ3n) is 4.76. The molecule has 4 rings (SSSR count). The quantitative estimate of drug-likeness (QED) is 0.713. The third-order valence-corrected chi connectivity index (χ3v) is 6.73. The number of anilines is 1. The molecule has 2 aliphatic heterocycles. The molecule has 2 aliphatic rings. The molecule has 1 atom stereocenters. The molecule has 154 valence electrons. The van der Waals surface area contributed by atoms with Crippen LogP contribution in [-0.4, -0.2) is 50.9 Å². The maximum atomic E-state index is 13.3. The summed E-state index contributed by atoms with van der Waals surface area (Å²) in [5, 5.41) is 5.34. The summed E-state index contributed by atoms with van der Waals surface area (Å²) in [5.74, 6) is -5.25. The van der Waals surface area contributed by atoms with Crippen molar-refractivity contribution in [1.29, 1.82) is 0 Å². The summed E-state index contributed by atoms with van der Waals surface area (Å²) in [6.45, 7) is 1.37. The molecule has 1 unspecified atom stereocenters. The number of fused-ring (bicyclic) bond motifs is 2. The number of nitrogens with one attached hydrogen (secondary N) is 2. The number of halogens is 3. The van der Waals surface area contributed by atoms with E-state index in [1.807, 2.05) is 0 Å². The number of nitrogens with zero attached hydrogens (tertiary/aromatic N) is 1. The van der Waals surface area contributed by atoms with E-state index in [-0.39, 0.29) is 41.1 Å². The van der Waals surface area contributed by atoms with Crippen LogP contribution in [-0.2, 0) is 10.0 Å². The van der Waals surface area contributed by atoms with Gasteiger partial charge in [-0.2, -0.15) is 4.31 Å². The largest absolute Gasteiger partial charge is 0.490 e. The lowest BCUT2D eigenvalue weighted by Gasteiger charge is -2.32. The van der Waals surface area contributed by atoms with Crippen LogP contribution in [0.5, 0.6) is 5.75 Å². The Morgan fingerprint density at radius 3 is 2.62 bits per heavy atom. The highest BCUT2D eigenvalue weighted by Gasteiger charge is 2.38. The fourth-order valence-corrected chi connectivity index (χ4v) is 5.08. The number of hydrogen-bond acceptors (Lipinski definition) is 5. The van der Waals surface area contributed by atoms with Gasteiger partial charge in [-0.1, -0.05) is 0 Å². The molecular weight excluding hydrogens is 411 g/mol. The Morgan fingerprint density at radius 1 is 1.17 bits per heavy atom. The minimum absolute atomic E-state index is 0.0605. The molecule has 29 heavy (non-hydrogen) atoms. The van der Waals surface area contributed by atoms with Gasteiger partial charge in [0.05, 0.1) is 6.04 Å². The molecule has 11 heteroatoms. The average molecular weight is 427 g/mol. The summed E-state index contributed by atoms with van der Waals surface area (Å²) in [4.78, 5) is 12.3. The van der Waals surface area contributed by atoms with Crippen LogP contribution in [0.4, 0.5) is 18.9 Å². The Morgan fingerprint density at radius 2 is 1.90 bits per heavy atom. The van der Waals surface area contributed by atoms with E-state index in [4.69, 9.17) is 4.74 Å². The highest BCUT2D eigenvalue weighted by atomic mass is 32.2. The molecular formula is C18H16F3N3O4S. The zero-order chi connectivity index (χ0) is 20.8. The van der Waals surface area contributed by atoms with Gasteiger partial charge in [-0.3, -0.25) is 4.79 Å². The van der Waals surface area contributed by atoms with Gasteiger partial charge in [0.2, 0.25) is 10.0 Å². The lowest BCUT2D eigenvalue weighted by Crippen LogP contribution is -2.54. The van der Waals surface area contributed by atoms with E-state index in [0.29, 0.717) is 25.2 Å². The monoisotopic (exact) mass is 427 g/mol. The normalized spacial score (nSPS) is 20.7. The predicted molar refractivity (Wildman–Crippen MR) is 96.8 cm³/mol. The number of ether oxygens (including phenoxy) is 1. The van der Waals surface area contributed by atoms with Crippen molar-refractivity contribution in [2.75, 3.05) is 31.6 Å². The third kappa shape index (κ3) is 3.56. The lowest BCUT2D eigenvalue weighted by molar-refractivity contribution is 0.102. The first kappa shape index (κ1) is 19.7. The van der Waals surface area contributed by atoms with E-state index in [9.17, 15) is 26.4 Å². The van der Waals surface area contributed by atoms with Gasteiger partial charge in [0.1, 0.15) is 17.3 Å². The molecule has 2 aromatic rings. The van der Waals surface area contributed by atoms with Crippen LogP contribution < -0.4 is 15.4 Å². The first-order chi connectivity index (χ1) is 13.8. The van der Waals surface area contributed by atoms with Crippen LogP contribution in [0.3, 0.4) is 0 Å². The minimum atomic E-state index is -3.91. The van der Waals surface area contributed by atoms with Gasteiger partial charge in [-0.05, 0) is 18.2 Å². The summed E-state index contributed by atoms with van der Waals surface area (Å²) in [6, 6.07) is 4.74. The van der Waals surface area contributed by atoms with Crippen LogP contribution in [0.1, 0.15) is 10.4 Å². The lowest BCUT2D eigenvalue weighted by atomic mass is 10.2. The Labute approximate surface area is 164 Å². The summed E-state index contributed by atoms with van der Waals surface area (Å²) in [6.07, 6.45) is 0. The Balaban J connectivity index is 1.66. The molecule has 1 saturated heterocycles. The molecule has 7 nitrogen and oxygen atoms in total. The van der Waals surface area contributed by atoms with E-state index < -0.39 is 33.4 Å². The summed E-state index contributed by atoms with van der Waals surface area (Å²) < 4.78 is 72.8. The summed E-state index contributed by atoms with van der Waals surface area (Å²) >= 11 is 0. The first-order valence-electron chi connectivity index (χ1n) is 8.72. The van der Waals surface area contributed by atoms with Gasteiger partial charge in [-0.25, -0.2) is 21.6 Å². The van der Waals surface area contributed by atoms with Crippen molar-refractivity contribution >= 4 is 21.6 Å². The minimum Gasteiger partial charge on any atom is -0.490 e. The summed E-state index contributed by atoms with van der Waals surface area (Å²) in [5.41, 5.74) is -0.364. The topological polar surface area (TPSA) is 87.7 Å². The van der Waals surface area contributed by atoms with Gasteiger partial charge >= 0.3 is 0 Å². The second-order valence-electron chi connectivity index (χ2n) is 6.65. The van der Waals surface area contributed by atoms with Gasteiger partial charge in [0.25, 0.3) is 5.91 Å². The summed E-state index contributed by atoms with van der Waals surface area (Å²) in [7, 11) is -3.91. The van der Waals surface area contributed by atoms with E-state index in [1.165, 1.54) is 16.4 Å². The zero-order valence-corrected chi connectivity index (χ0v) is 15.7. The highest BCUT2D eigenvalue weighted by Crippen LogP contribution is 2.33. The molecule has 1 amide bonds. The van der Waals surface area contributed by atoms with E-state index in [1.54, 1.807) is 0 Å². The number of hydrogen-bond donors (Lipinski definition) is 2. The molecule has 0 saturated carbocycles. The molecule has 0 spiro atoms. The molecule has 0 aromatic heterocycles. The molecule has 2 heterocycles. The van der Waals surface area contributed by atoms with Crippen LogP contribution in [0.15, 0.2) is 35.2 Å². The second kappa shape index (κ2) is 7.32. The number of carbonyl (C=O) groups excluding carboxylic acids is 1. The predicted octanol–water partition coefficient (Wildman–Crippen LogP) is 1.71. The first-order valence-corrected chi connectivity index (χ1v) is 10.2. The Kier molecular flexibility index (Phi) is 4.97. The van der Waals surface area contributed by atoms with Gasteiger partial charge in [0.15, 0.2) is 17.5 Å². The molecule has 1 fully saturated rings. The number of amides is 1. The average Bonchev–Trinajstić information content (AvgIpc) is 2.80. The fourth-order valence-electron chi connectivity index (χ4n) is 3.31. The highest BCUT2D eigenvalue weighted by molar-refractivity contribution is 7.89. The van der Waals surface area contributed by atoms with E-state index >= 15 is 0 Å². The molecule has 0 bridgehead atoms. The molecule has 0 aliphatic carbocycles. The van der Waals surface area contributed by atoms with Crippen molar-refractivity contribution in [2.24, 2.45) is 0 Å². The van der Waals surface area contributed by atoms with Crippen molar-refractivity contribution in [1.82, 2.24) is 9.62 Å². The smallest absolute Gasteiger partial charge is 0.255 e. The van der Waals surface area contributed by atoms with E-state index in [0.717, 1.165) is 6.07 Å². The number of rotatable bonds is 2. The number of carbonyl (C=O) groups is 1. The van der Waals surface area contributed by atoms with Gasteiger partial charge in [-0.15, -0.1) is 0 Å². The molecule has 0 radical (unpaired) electrons. The van der Waals surface area contributed by atoms with Gasteiger partial charge < -0.3 is 15.4 Å². The van der Waals surface area contributed by atoms with Crippen LogP contribution >= 0.6 is 0 Å². The Bertz CT molecular complexity index is 1070. The molecule has 2 aromatic carbocycles. The maximum absolute atomic E-state index is 13.3. The number of benzene rings is 2. The second-order valence-corrected chi connectivity index (χ2v) is 8.51. The standard InChI is InChI=1S/C18H16F3N3O4S/c19-13-6-11(7-14(20)17(13)21)23-18(25)10-1-2-15-16(5-10)29(26,27)24-4-3-22-8-12(24)9-28-15/h1-2,5-7,12,22H,3-4,8-9H2,(H,23,25). The molecule has 2 N–H and O–H groups in total.